The Morgan fingerprint density at radius 3 is 2.50 bits per heavy atom. The zero-order chi connectivity index (χ0) is 34.3. The van der Waals surface area contributed by atoms with E-state index in [1.54, 1.807) is 6.07 Å². The molecule has 2 bridgehead atoms. The van der Waals surface area contributed by atoms with Crippen molar-refractivity contribution in [1.29, 1.82) is 0 Å². The molecule has 3 amide bonds. The van der Waals surface area contributed by atoms with Gasteiger partial charge in [0.15, 0.2) is 0 Å². The number of pyridine rings is 1. The number of hydrazine groups is 1. The standard InChI is InChI=1S/C33H49N7O6/c1-7-31(3)19-32(4)15-22(2)16-33(20-31,21-32)38-26(41)18-40-14-10-12-24(30(40)45)37-28(43)23(11-8-9-13-27(42)46-6)36-29(44)25(17-34)39(5)35/h9-14,17,22H,7-8,15-16,18-21,34-35H2,1-6H3,(H,36,44)(H,37,43)(H,38,41)/b13-9+,23-11+,25-17-. The molecule has 13 nitrogen and oxygen atoms in total. The lowest BCUT2D eigenvalue weighted by atomic mass is 9.49. The minimum atomic E-state index is -0.814. The molecule has 1 aromatic heterocycles. The van der Waals surface area contributed by atoms with E-state index in [9.17, 15) is 24.0 Å². The summed E-state index contributed by atoms with van der Waals surface area (Å²) in [6.07, 6.45) is 12.5. The van der Waals surface area contributed by atoms with E-state index in [0.717, 1.165) is 55.8 Å². The Morgan fingerprint density at radius 2 is 1.87 bits per heavy atom. The van der Waals surface area contributed by atoms with Crippen molar-refractivity contribution in [2.45, 2.75) is 84.7 Å². The summed E-state index contributed by atoms with van der Waals surface area (Å²) in [5, 5.41) is 9.28. The first kappa shape index (κ1) is 36.1. The number of allylic oxidation sites excluding steroid dienone is 2. The fourth-order valence-electron chi connectivity index (χ4n) is 7.70. The number of carbonyl (C=O) groups excluding carboxylic acids is 4. The molecular weight excluding hydrogens is 590 g/mol. The first-order valence-electron chi connectivity index (χ1n) is 15.6. The molecule has 252 valence electrons. The highest BCUT2D eigenvalue weighted by Crippen LogP contribution is 2.59. The van der Waals surface area contributed by atoms with E-state index in [4.69, 9.17) is 11.6 Å². The summed E-state index contributed by atoms with van der Waals surface area (Å²) in [5.74, 6) is 3.68. The van der Waals surface area contributed by atoms with E-state index < -0.39 is 23.3 Å². The number of carbonyl (C=O) groups is 4. The molecule has 0 aliphatic heterocycles. The van der Waals surface area contributed by atoms with Crippen molar-refractivity contribution in [3.05, 3.63) is 64.5 Å². The number of hydrogen-bond acceptors (Lipinski definition) is 9. The second-order valence-corrected chi connectivity index (χ2v) is 13.6. The van der Waals surface area contributed by atoms with Gasteiger partial charge in [0.2, 0.25) is 5.91 Å². The largest absolute Gasteiger partial charge is 0.466 e. The highest BCUT2D eigenvalue weighted by Gasteiger charge is 2.54. The monoisotopic (exact) mass is 639 g/mol. The van der Waals surface area contributed by atoms with Crippen molar-refractivity contribution in [3.63, 3.8) is 0 Å². The summed E-state index contributed by atoms with van der Waals surface area (Å²) in [6, 6.07) is 2.96. The molecule has 1 heterocycles. The van der Waals surface area contributed by atoms with Gasteiger partial charge in [-0.1, -0.05) is 46.3 Å². The van der Waals surface area contributed by atoms with E-state index in [1.165, 1.54) is 43.1 Å². The molecule has 2 fully saturated rings. The van der Waals surface area contributed by atoms with Crippen LogP contribution >= 0.6 is 0 Å². The Labute approximate surface area is 270 Å². The van der Waals surface area contributed by atoms with Gasteiger partial charge in [-0.25, -0.2) is 10.6 Å². The maximum Gasteiger partial charge on any atom is 0.330 e. The van der Waals surface area contributed by atoms with Crippen molar-refractivity contribution in [2.24, 2.45) is 28.3 Å². The SMILES string of the molecule is CCC1(C)CC2(C)CC(C)CC(NC(=O)Cn3cccc(NC(=O)/C(=C\C/C=C/C(=O)OC)NC(=O)/C(=C/N)N(C)N)c3=O)(C1)C2. The van der Waals surface area contributed by atoms with Gasteiger partial charge in [0, 0.05) is 31.1 Å². The van der Waals surface area contributed by atoms with Crippen LogP contribution in [0, 0.1) is 16.7 Å². The minimum absolute atomic E-state index is 0.0634. The molecule has 4 atom stereocenters. The molecule has 4 unspecified atom stereocenters. The predicted molar refractivity (Wildman–Crippen MR) is 175 cm³/mol. The van der Waals surface area contributed by atoms with Crippen LogP contribution in [0.3, 0.4) is 0 Å². The summed E-state index contributed by atoms with van der Waals surface area (Å²) in [7, 11) is 2.62. The number of anilines is 1. The van der Waals surface area contributed by atoms with Crippen LogP contribution in [0.2, 0.25) is 0 Å². The molecule has 7 N–H and O–H groups in total. The van der Waals surface area contributed by atoms with E-state index in [2.05, 4.69) is 48.4 Å². The summed E-state index contributed by atoms with van der Waals surface area (Å²) in [5.41, 5.74) is 4.41. The summed E-state index contributed by atoms with van der Waals surface area (Å²) in [4.78, 5) is 64.3. The van der Waals surface area contributed by atoms with Gasteiger partial charge < -0.3 is 36.0 Å². The van der Waals surface area contributed by atoms with Gasteiger partial charge >= 0.3 is 5.97 Å². The highest BCUT2D eigenvalue weighted by molar-refractivity contribution is 6.07. The fourth-order valence-corrected chi connectivity index (χ4v) is 7.70. The second kappa shape index (κ2) is 14.8. The zero-order valence-electron chi connectivity index (χ0n) is 27.8. The predicted octanol–water partition coefficient (Wildman–Crippen LogP) is 2.40. The zero-order valence-corrected chi connectivity index (χ0v) is 27.8. The molecule has 1 aromatic rings. The normalized spacial score (nSPS) is 26.3. The second-order valence-electron chi connectivity index (χ2n) is 13.6. The number of aromatic nitrogens is 1. The summed E-state index contributed by atoms with van der Waals surface area (Å²) < 4.78 is 5.80. The van der Waals surface area contributed by atoms with Crippen LogP contribution in [-0.4, -0.2) is 53.0 Å². The smallest absolute Gasteiger partial charge is 0.330 e. The molecule has 13 heteroatoms. The Bertz CT molecular complexity index is 1480. The lowest BCUT2D eigenvalue weighted by molar-refractivity contribution is -0.135. The number of nitrogens with two attached hydrogens (primary N) is 2. The maximum absolute atomic E-state index is 13.5. The number of esters is 1. The van der Waals surface area contributed by atoms with Gasteiger partial charge in [-0.3, -0.25) is 19.2 Å². The van der Waals surface area contributed by atoms with Gasteiger partial charge in [-0.05, 0) is 67.4 Å². The molecule has 0 saturated heterocycles. The minimum Gasteiger partial charge on any atom is -0.466 e. The number of likely N-dealkylation sites (N-methyl/N-ethyl adjacent to an activating group) is 1. The molecule has 3 rings (SSSR count). The molecule has 0 spiro atoms. The first-order valence-corrected chi connectivity index (χ1v) is 15.6. The number of methoxy groups -OCH3 is 1. The Balaban J connectivity index is 1.80. The third kappa shape index (κ3) is 9.09. The average molecular weight is 640 g/mol. The topological polar surface area (TPSA) is 191 Å². The molecule has 2 aliphatic rings. The van der Waals surface area contributed by atoms with Crippen molar-refractivity contribution in [3.8, 4) is 0 Å². The van der Waals surface area contributed by atoms with E-state index in [1.807, 2.05) is 0 Å². The molecule has 2 saturated carbocycles. The summed E-state index contributed by atoms with van der Waals surface area (Å²) in [6.45, 7) is 8.86. The van der Waals surface area contributed by atoms with Crippen LogP contribution < -0.4 is 33.1 Å². The third-order valence-electron chi connectivity index (χ3n) is 8.98. The van der Waals surface area contributed by atoms with Gasteiger partial charge in [0.05, 0.1) is 7.11 Å². The molecule has 0 radical (unpaired) electrons. The van der Waals surface area contributed by atoms with Crippen LogP contribution in [0.15, 0.2) is 58.9 Å². The quantitative estimate of drug-likeness (QED) is 0.0989. The van der Waals surface area contributed by atoms with Crippen LogP contribution in [0.1, 0.15) is 72.6 Å². The lowest BCUT2D eigenvalue weighted by Crippen LogP contribution is -2.61. The first-order chi connectivity index (χ1) is 21.6. The van der Waals surface area contributed by atoms with Gasteiger partial charge in [0.1, 0.15) is 23.6 Å². The van der Waals surface area contributed by atoms with E-state index in [-0.39, 0.29) is 52.3 Å². The number of ether oxygens (including phenoxy) is 1. The van der Waals surface area contributed by atoms with Crippen molar-refractivity contribution >= 4 is 29.4 Å². The Morgan fingerprint density at radius 1 is 1.15 bits per heavy atom. The van der Waals surface area contributed by atoms with Crippen molar-refractivity contribution in [2.75, 3.05) is 19.5 Å². The van der Waals surface area contributed by atoms with Crippen LogP contribution in [0.25, 0.3) is 0 Å². The average Bonchev–Trinajstić information content (AvgIpc) is 2.95. The molecule has 46 heavy (non-hydrogen) atoms. The third-order valence-corrected chi connectivity index (χ3v) is 8.98. The van der Waals surface area contributed by atoms with Crippen molar-refractivity contribution in [1.82, 2.24) is 20.2 Å². The van der Waals surface area contributed by atoms with Crippen LogP contribution in [-0.2, 0) is 30.5 Å². The number of amides is 3. The lowest BCUT2D eigenvalue weighted by Gasteiger charge is -2.59. The van der Waals surface area contributed by atoms with Crippen LogP contribution in [0.4, 0.5) is 5.69 Å². The molecule has 0 aromatic carbocycles. The number of hydrogen-bond donors (Lipinski definition) is 5. The molecule has 2 aliphatic carbocycles. The van der Waals surface area contributed by atoms with Gasteiger partial charge in [0.25, 0.3) is 17.4 Å². The van der Waals surface area contributed by atoms with E-state index >= 15 is 0 Å². The molecular formula is C33H49N7O6. The van der Waals surface area contributed by atoms with Gasteiger partial charge in [-0.2, -0.15) is 0 Å². The van der Waals surface area contributed by atoms with Gasteiger partial charge in [-0.15, -0.1) is 0 Å². The number of nitrogens with zero attached hydrogens (tertiary/aromatic N) is 2. The number of rotatable bonds is 12. The van der Waals surface area contributed by atoms with Crippen LogP contribution in [0.5, 0.6) is 0 Å². The highest BCUT2D eigenvalue weighted by atomic mass is 16.5. The van der Waals surface area contributed by atoms with Crippen molar-refractivity contribution < 1.29 is 23.9 Å². The summed E-state index contributed by atoms with van der Waals surface area (Å²) >= 11 is 0. The number of nitrogens with one attached hydrogen (secondary N) is 3. The number of fused-ring (bicyclic) bond motifs is 2. The Kier molecular flexibility index (Phi) is 11.6. The maximum atomic E-state index is 13.5. The fraction of sp³-hybridized carbons (Fsp3) is 0.545. The van der Waals surface area contributed by atoms with E-state index in [0.29, 0.717) is 5.92 Å². The Hall–Kier alpha value is -4.39.